The Bertz CT molecular complexity index is 309. The van der Waals surface area contributed by atoms with Crippen molar-refractivity contribution in [1.29, 1.82) is 0 Å². The van der Waals surface area contributed by atoms with Crippen LogP contribution in [0.5, 0.6) is 0 Å². The van der Waals surface area contributed by atoms with Gasteiger partial charge in [-0.05, 0) is 37.8 Å². The van der Waals surface area contributed by atoms with Crippen molar-refractivity contribution in [1.82, 2.24) is 10.6 Å². The molecular weight excluding hydrogens is 270 g/mol. The number of unbranched alkanes of at least 4 members (excludes halogenated alkanes) is 1. The molecule has 0 aromatic heterocycles. The van der Waals surface area contributed by atoms with Crippen molar-refractivity contribution in [2.45, 2.75) is 51.7 Å². The number of nitrogens with two attached hydrogens (primary N) is 1. The van der Waals surface area contributed by atoms with Crippen LogP contribution in [0.4, 0.5) is 0 Å². The third-order valence-electron chi connectivity index (χ3n) is 3.01. The highest BCUT2D eigenvalue weighted by molar-refractivity contribution is 5.82. The largest absolute Gasteiger partial charge is 0.461 e. The van der Waals surface area contributed by atoms with E-state index in [1.54, 1.807) is 7.05 Å². The molecule has 0 saturated heterocycles. The van der Waals surface area contributed by atoms with Crippen LogP contribution < -0.4 is 16.4 Å². The zero-order valence-corrected chi connectivity index (χ0v) is 13.5. The molecule has 6 heteroatoms. The number of hydrogen-bond acceptors (Lipinski definition) is 5. The first-order valence-corrected chi connectivity index (χ1v) is 7.58. The maximum Gasteiger partial charge on any atom is 0.306 e. The smallest absolute Gasteiger partial charge is 0.306 e. The summed E-state index contributed by atoms with van der Waals surface area (Å²) in [5.41, 5.74) is 5.48. The minimum atomic E-state index is -0.559. The summed E-state index contributed by atoms with van der Waals surface area (Å²) in [5, 5.41) is 5.51. The maximum absolute atomic E-state index is 11.8. The molecule has 2 unspecified atom stereocenters. The van der Waals surface area contributed by atoms with E-state index in [0.717, 1.165) is 19.3 Å². The Morgan fingerprint density at radius 2 is 1.95 bits per heavy atom. The normalized spacial score (nSPS) is 13.8. The first kappa shape index (κ1) is 19.9. The highest BCUT2D eigenvalue weighted by atomic mass is 16.5. The number of carbonyl (C=O) groups is 2. The van der Waals surface area contributed by atoms with Gasteiger partial charge in [0.05, 0.1) is 0 Å². The third-order valence-corrected chi connectivity index (χ3v) is 3.01. The molecule has 4 N–H and O–H groups in total. The van der Waals surface area contributed by atoms with Crippen LogP contribution in [0.3, 0.4) is 0 Å². The van der Waals surface area contributed by atoms with Gasteiger partial charge in [0.1, 0.15) is 6.10 Å². The SMILES string of the molecule is [CH2-]C(NCC(CCCCN)OC(=O)CC(C)C)C(=O)NC. The lowest BCUT2D eigenvalue weighted by Crippen LogP contribution is -2.44. The van der Waals surface area contributed by atoms with E-state index >= 15 is 0 Å². The van der Waals surface area contributed by atoms with E-state index in [4.69, 9.17) is 10.5 Å². The molecule has 2 atom stereocenters. The summed E-state index contributed by atoms with van der Waals surface area (Å²) in [4.78, 5) is 23.2. The molecule has 0 spiro atoms. The number of hydrogen-bond donors (Lipinski definition) is 3. The second-order valence-electron chi connectivity index (χ2n) is 5.57. The summed E-state index contributed by atoms with van der Waals surface area (Å²) < 4.78 is 5.47. The van der Waals surface area contributed by atoms with Crippen molar-refractivity contribution < 1.29 is 14.3 Å². The van der Waals surface area contributed by atoms with Crippen molar-refractivity contribution in [3.8, 4) is 0 Å². The topological polar surface area (TPSA) is 93.4 Å². The van der Waals surface area contributed by atoms with Gasteiger partial charge in [0.15, 0.2) is 0 Å². The second kappa shape index (κ2) is 11.5. The molecule has 0 saturated carbocycles. The zero-order chi connectivity index (χ0) is 16.3. The van der Waals surface area contributed by atoms with Gasteiger partial charge in [-0.15, -0.1) is 0 Å². The molecule has 0 aliphatic rings. The summed E-state index contributed by atoms with van der Waals surface area (Å²) in [6.45, 7) is 8.70. The molecule has 0 aliphatic heterocycles. The number of rotatable bonds is 11. The number of ether oxygens (including phenoxy) is 1. The van der Waals surface area contributed by atoms with Crippen molar-refractivity contribution in [3.05, 3.63) is 6.92 Å². The van der Waals surface area contributed by atoms with Crippen LogP contribution in [0.2, 0.25) is 0 Å². The van der Waals surface area contributed by atoms with E-state index in [0.29, 0.717) is 19.5 Å². The van der Waals surface area contributed by atoms with Gasteiger partial charge in [-0.1, -0.05) is 13.8 Å². The third kappa shape index (κ3) is 10.3. The molecular formula is C15H30N3O3-. The molecule has 21 heavy (non-hydrogen) atoms. The average molecular weight is 300 g/mol. The molecule has 6 nitrogen and oxygen atoms in total. The lowest BCUT2D eigenvalue weighted by molar-refractivity contribution is -0.150. The van der Waals surface area contributed by atoms with E-state index in [2.05, 4.69) is 17.6 Å². The Labute approximate surface area is 128 Å². The van der Waals surface area contributed by atoms with Gasteiger partial charge in [0.2, 0.25) is 5.91 Å². The summed E-state index contributed by atoms with van der Waals surface area (Å²) in [7, 11) is 1.56. The summed E-state index contributed by atoms with van der Waals surface area (Å²) in [6, 6.07) is -0.559. The van der Waals surface area contributed by atoms with Crippen molar-refractivity contribution >= 4 is 11.9 Å². The molecule has 0 fully saturated rings. The van der Waals surface area contributed by atoms with Crippen LogP contribution in [0, 0.1) is 12.8 Å². The first-order valence-electron chi connectivity index (χ1n) is 7.58. The lowest BCUT2D eigenvalue weighted by atomic mass is 10.1. The van der Waals surface area contributed by atoms with Crippen LogP contribution >= 0.6 is 0 Å². The fourth-order valence-electron chi connectivity index (χ4n) is 1.83. The Morgan fingerprint density at radius 3 is 2.48 bits per heavy atom. The molecule has 0 aromatic rings. The van der Waals surface area contributed by atoms with E-state index in [9.17, 15) is 9.59 Å². The molecule has 0 aliphatic carbocycles. The molecule has 0 radical (unpaired) electrons. The van der Waals surface area contributed by atoms with Gasteiger partial charge in [-0.25, -0.2) is 0 Å². The molecule has 124 valence electrons. The van der Waals surface area contributed by atoms with Crippen molar-refractivity contribution in [2.24, 2.45) is 11.7 Å². The number of amides is 1. The van der Waals surface area contributed by atoms with Crippen molar-refractivity contribution in [2.75, 3.05) is 20.1 Å². The van der Waals surface area contributed by atoms with Gasteiger partial charge in [-0.2, -0.15) is 0 Å². The summed E-state index contributed by atoms with van der Waals surface area (Å²) >= 11 is 0. The molecule has 0 heterocycles. The van der Waals surface area contributed by atoms with Crippen LogP contribution in [0.25, 0.3) is 0 Å². The van der Waals surface area contributed by atoms with E-state index in [1.165, 1.54) is 0 Å². The Hall–Kier alpha value is -1.14. The van der Waals surface area contributed by atoms with E-state index in [1.807, 2.05) is 13.8 Å². The second-order valence-corrected chi connectivity index (χ2v) is 5.57. The molecule has 0 rings (SSSR count). The lowest BCUT2D eigenvalue weighted by Gasteiger charge is -2.24. The quantitative estimate of drug-likeness (QED) is 0.295. The Morgan fingerprint density at radius 1 is 1.29 bits per heavy atom. The number of carbonyl (C=O) groups excluding carboxylic acids is 2. The van der Waals surface area contributed by atoms with Gasteiger partial charge in [0.25, 0.3) is 0 Å². The highest BCUT2D eigenvalue weighted by Crippen LogP contribution is 2.09. The van der Waals surface area contributed by atoms with Crippen LogP contribution in [-0.4, -0.2) is 44.2 Å². The van der Waals surface area contributed by atoms with Crippen LogP contribution in [0.15, 0.2) is 0 Å². The number of likely N-dealkylation sites (N-methyl/N-ethyl adjacent to an activating group) is 1. The van der Waals surface area contributed by atoms with E-state index in [-0.39, 0.29) is 23.9 Å². The Balaban J connectivity index is 4.30. The predicted molar refractivity (Wildman–Crippen MR) is 83.5 cm³/mol. The average Bonchev–Trinajstić information content (AvgIpc) is 2.42. The zero-order valence-electron chi connectivity index (χ0n) is 13.5. The fourth-order valence-corrected chi connectivity index (χ4v) is 1.83. The monoisotopic (exact) mass is 300 g/mol. The predicted octanol–water partition coefficient (Wildman–Crippen LogP) is 0.612. The number of esters is 1. The van der Waals surface area contributed by atoms with Gasteiger partial charge in [-0.3, -0.25) is 9.59 Å². The van der Waals surface area contributed by atoms with Gasteiger partial charge in [0, 0.05) is 20.0 Å². The molecule has 0 bridgehead atoms. The molecule has 0 aromatic carbocycles. The minimum Gasteiger partial charge on any atom is -0.461 e. The first-order chi connectivity index (χ1) is 9.90. The summed E-state index contributed by atoms with van der Waals surface area (Å²) in [6.07, 6.45) is 2.66. The Kier molecular flexibility index (Phi) is 10.9. The van der Waals surface area contributed by atoms with E-state index < -0.39 is 6.04 Å². The standard InChI is InChI=1S/C15H30N3O3/c1-11(2)9-14(19)21-13(7-5-6-8-16)10-18-12(3)15(20)17-4/h11-13,18H,3,5-10,16H2,1-2,4H3,(H,17,20)/q-1. The van der Waals surface area contributed by atoms with Crippen LogP contribution in [0.1, 0.15) is 39.5 Å². The van der Waals surface area contributed by atoms with Crippen LogP contribution in [-0.2, 0) is 14.3 Å². The maximum atomic E-state index is 11.8. The van der Waals surface area contributed by atoms with Crippen molar-refractivity contribution in [3.63, 3.8) is 0 Å². The minimum absolute atomic E-state index is 0.191. The molecule has 1 amide bonds. The number of nitrogens with one attached hydrogen (secondary N) is 2. The summed E-state index contributed by atoms with van der Waals surface area (Å²) in [5.74, 6) is -0.129. The fraction of sp³-hybridized carbons (Fsp3) is 0.800. The van der Waals surface area contributed by atoms with Gasteiger partial charge < -0.3 is 28.0 Å². The highest BCUT2D eigenvalue weighted by Gasteiger charge is 2.16. The van der Waals surface area contributed by atoms with Gasteiger partial charge >= 0.3 is 5.97 Å².